The minimum atomic E-state index is -0.610. The lowest BCUT2D eigenvalue weighted by Gasteiger charge is -2.09. The zero-order chi connectivity index (χ0) is 24.0. The molecule has 0 radical (unpaired) electrons. The molecule has 0 aliphatic heterocycles. The molecule has 0 amide bonds. The van der Waals surface area contributed by atoms with Gasteiger partial charge in [0.2, 0.25) is 5.78 Å². The second-order valence-corrected chi connectivity index (χ2v) is 7.66. The molecular formula is C26H28N2O5. The van der Waals surface area contributed by atoms with E-state index in [1.807, 2.05) is 18.5 Å². The number of aromatic nitrogens is 2. The average Bonchev–Trinajstić information content (AvgIpc) is 3.08. The molecule has 0 fully saturated rings. The summed E-state index contributed by atoms with van der Waals surface area (Å²) in [4.78, 5) is 24.7. The van der Waals surface area contributed by atoms with Crippen LogP contribution >= 0.6 is 0 Å². The van der Waals surface area contributed by atoms with Gasteiger partial charge in [0, 0.05) is 23.4 Å². The van der Waals surface area contributed by atoms with Crippen molar-refractivity contribution in [2.24, 2.45) is 0 Å². The number of rotatable bonds is 9. The van der Waals surface area contributed by atoms with Gasteiger partial charge >= 0.3 is 5.97 Å². The van der Waals surface area contributed by atoms with Crippen molar-refractivity contribution in [2.45, 2.75) is 27.3 Å². The molecule has 0 saturated carbocycles. The van der Waals surface area contributed by atoms with E-state index < -0.39 is 12.6 Å². The van der Waals surface area contributed by atoms with E-state index in [2.05, 4.69) is 36.3 Å². The van der Waals surface area contributed by atoms with E-state index >= 15 is 0 Å². The molecule has 0 bridgehead atoms. The number of ketones is 1. The highest BCUT2D eigenvalue weighted by atomic mass is 16.5. The molecular weight excluding hydrogens is 420 g/mol. The Bertz CT molecular complexity index is 1180. The minimum Gasteiger partial charge on any atom is -0.497 e. The molecule has 0 aliphatic rings. The summed E-state index contributed by atoms with van der Waals surface area (Å²) in [6, 6.07) is 13.1. The summed E-state index contributed by atoms with van der Waals surface area (Å²) in [7, 11) is 2.99. The number of esters is 1. The van der Waals surface area contributed by atoms with Gasteiger partial charge in [0.05, 0.1) is 32.0 Å². The van der Waals surface area contributed by atoms with Crippen molar-refractivity contribution in [2.75, 3.05) is 20.8 Å². The van der Waals surface area contributed by atoms with Crippen LogP contribution in [-0.4, -0.2) is 42.4 Å². The van der Waals surface area contributed by atoms with Crippen molar-refractivity contribution < 1.29 is 23.8 Å². The van der Waals surface area contributed by atoms with Crippen molar-refractivity contribution >= 4 is 17.8 Å². The normalized spacial score (nSPS) is 10.9. The second-order valence-electron chi connectivity index (χ2n) is 7.66. The van der Waals surface area contributed by atoms with Gasteiger partial charge in [-0.2, -0.15) is 5.10 Å². The number of hydrogen-bond donors (Lipinski definition) is 0. The van der Waals surface area contributed by atoms with Crippen LogP contribution in [0.3, 0.4) is 0 Å². The standard InChI is InChI=1S/C26H28N2O5/c1-17-6-8-20(9-7-17)15-28-19(3)22(18(2)27-28)12-13-26(30)33-16-24(29)23-11-10-21(31-4)14-25(23)32-5/h6-14H,15-16H2,1-5H3. The molecule has 0 N–H and O–H groups in total. The van der Waals surface area contributed by atoms with Gasteiger partial charge in [-0.05, 0) is 44.5 Å². The van der Waals surface area contributed by atoms with Crippen LogP contribution in [0.5, 0.6) is 11.5 Å². The zero-order valence-electron chi connectivity index (χ0n) is 19.5. The van der Waals surface area contributed by atoms with Crippen LogP contribution in [0, 0.1) is 20.8 Å². The van der Waals surface area contributed by atoms with Crippen molar-refractivity contribution in [3.8, 4) is 11.5 Å². The Morgan fingerprint density at radius 1 is 1.00 bits per heavy atom. The topological polar surface area (TPSA) is 79.7 Å². The van der Waals surface area contributed by atoms with E-state index in [0.717, 1.165) is 22.5 Å². The summed E-state index contributed by atoms with van der Waals surface area (Å²) in [6.45, 7) is 6.15. The Kier molecular flexibility index (Phi) is 7.66. The predicted octanol–water partition coefficient (Wildman–Crippen LogP) is 4.31. The summed E-state index contributed by atoms with van der Waals surface area (Å²) in [5.41, 5.74) is 5.27. The van der Waals surface area contributed by atoms with Gasteiger partial charge in [0.1, 0.15) is 11.5 Å². The number of Topliss-reactive ketones (excluding diaryl/α,β-unsaturated/α-hetero) is 1. The van der Waals surface area contributed by atoms with E-state index in [9.17, 15) is 9.59 Å². The molecule has 7 heteroatoms. The molecule has 1 heterocycles. The molecule has 0 atom stereocenters. The highest BCUT2D eigenvalue weighted by Gasteiger charge is 2.15. The first-order chi connectivity index (χ1) is 15.8. The van der Waals surface area contributed by atoms with Gasteiger partial charge in [0.25, 0.3) is 0 Å². The highest BCUT2D eigenvalue weighted by molar-refractivity contribution is 6.01. The summed E-state index contributed by atoms with van der Waals surface area (Å²) >= 11 is 0. The Labute approximate surface area is 193 Å². The average molecular weight is 449 g/mol. The number of carbonyl (C=O) groups is 2. The Balaban J connectivity index is 1.63. The van der Waals surface area contributed by atoms with Crippen LogP contribution in [0.25, 0.3) is 6.08 Å². The van der Waals surface area contributed by atoms with E-state index in [1.54, 1.807) is 24.3 Å². The highest BCUT2D eigenvalue weighted by Crippen LogP contribution is 2.25. The Hall–Kier alpha value is -3.87. The Morgan fingerprint density at radius 2 is 1.73 bits per heavy atom. The fourth-order valence-electron chi connectivity index (χ4n) is 3.42. The predicted molar refractivity (Wildman–Crippen MR) is 126 cm³/mol. The number of ether oxygens (including phenoxy) is 3. The van der Waals surface area contributed by atoms with Gasteiger partial charge < -0.3 is 14.2 Å². The number of hydrogen-bond acceptors (Lipinski definition) is 6. The first-order valence-corrected chi connectivity index (χ1v) is 10.5. The van der Waals surface area contributed by atoms with Gasteiger partial charge in [0.15, 0.2) is 6.61 Å². The molecule has 3 rings (SSSR count). The molecule has 33 heavy (non-hydrogen) atoms. The van der Waals surface area contributed by atoms with E-state index in [0.29, 0.717) is 23.6 Å². The maximum absolute atomic E-state index is 12.5. The van der Waals surface area contributed by atoms with E-state index in [-0.39, 0.29) is 5.78 Å². The maximum atomic E-state index is 12.5. The van der Waals surface area contributed by atoms with Gasteiger partial charge in [-0.25, -0.2) is 4.79 Å². The lowest BCUT2D eigenvalue weighted by Crippen LogP contribution is -2.13. The summed E-state index contributed by atoms with van der Waals surface area (Å²) < 4.78 is 17.4. The first kappa shape index (κ1) is 23.8. The molecule has 0 aliphatic carbocycles. The smallest absolute Gasteiger partial charge is 0.331 e. The van der Waals surface area contributed by atoms with Crippen LogP contribution in [-0.2, 0) is 16.1 Å². The van der Waals surface area contributed by atoms with Crippen LogP contribution in [0.1, 0.15) is 38.4 Å². The maximum Gasteiger partial charge on any atom is 0.331 e. The SMILES string of the molecule is COc1ccc(C(=O)COC(=O)C=Cc2c(C)nn(Cc3ccc(C)cc3)c2C)c(OC)c1. The minimum absolute atomic E-state index is 0.319. The largest absolute Gasteiger partial charge is 0.497 e. The quantitative estimate of drug-likeness (QED) is 0.276. The number of methoxy groups -OCH3 is 2. The third-order valence-electron chi connectivity index (χ3n) is 5.33. The molecule has 0 spiro atoms. The van der Waals surface area contributed by atoms with Crippen LogP contribution < -0.4 is 9.47 Å². The van der Waals surface area contributed by atoms with Crippen LogP contribution in [0.15, 0.2) is 48.5 Å². The molecule has 7 nitrogen and oxygen atoms in total. The number of nitrogens with zero attached hydrogens (tertiary/aromatic N) is 2. The number of benzene rings is 2. The van der Waals surface area contributed by atoms with Crippen LogP contribution in [0.4, 0.5) is 0 Å². The van der Waals surface area contributed by atoms with Crippen molar-refractivity contribution in [1.29, 1.82) is 0 Å². The zero-order valence-corrected chi connectivity index (χ0v) is 19.5. The van der Waals surface area contributed by atoms with Gasteiger partial charge in [-0.1, -0.05) is 29.8 Å². The fraction of sp³-hybridized carbons (Fsp3) is 0.269. The van der Waals surface area contributed by atoms with Gasteiger partial charge in [-0.3, -0.25) is 9.48 Å². The van der Waals surface area contributed by atoms with E-state index in [1.165, 1.54) is 25.9 Å². The lowest BCUT2D eigenvalue weighted by molar-refractivity contribution is -0.136. The Morgan fingerprint density at radius 3 is 2.39 bits per heavy atom. The number of aryl methyl sites for hydroxylation is 2. The van der Waals surface area contributed by atoms with Crippen LogP contribution in [0.2, 0.25) is 0 Å². The summed E-state index contributed by atoms with van der Waals surface area (Å²) in [5, 5.41) is 4.59. The number of carbonyl (C=O) groups excluding carboxylic acids is 2. The van der Waals surface area contributed by atoms with Gasteiger partial charge in [-0.15, -0.1) is 0 Å². The lowest BCUT2D eigenvalue weighted by atomic mass is 10.1. The summed E-state index contributed by atoms with van der Waals surface area (Å²) in [6.07, 6.45) is 2.98. The molecule has 1 aromatic heterocycles. The monoisotopic (exact) mass is 448 g/mol. The molecule has 0 saturated heterocycles. The molecule has 3 aromatic rings. The molecule has 0 unspecified atom stereocenters. The van der Waals surface area contributed by atoms with Crippen molar-refractivity contribution in [3.05, 3.63) is 82.2 Å². The third kappa shape index (κ3) is 5.88. The van der Waals surface area contributed by atoms with Crippen molar-refractivity contribution in [3.63, 3.8) is 0 Å². The molecule has 2 aromatic carbocycles. The summed E-state index contributed by atoms with van der Waals surface area (Å²) in [5.74, 6) is -0.0504. The molecule has 172 valence electrons. The fourth-order valence-corrected chi connectivity index (χ4v) is 3.42. The second kappa shape index (κ2) is 10.6. The van der Waals surface area contributed by atoms with Crippen molar-refractivity contribution in [1.82, 2.24) is 9.78 Å². The third-order valence-corrected chi connectivity index (χ3v) is 5.33. The van der Waals surface area contributed by atoms with E-state index in [4.69, 9.17) is 14.2 Å². The first-order valence-electron chi connectivity index (χ1n) is 10.5.